The van der Waals surface area contributed by atoms with E-state index < -0.39 is 8.60 Å². The third-order valence-electron chi connectivity index (χ3n) is 2.51. The van der Waals surface area contributed by atoms with Crippen LogP contribution >= 0.6 is 8.60 Å². The normalized spacial score (nSPS) is 10.9. The highest BCUT2D eigenvalue weighted by Gasteiger charge is 2.19. The Kier molecular flexibility index (Phi) is 6.28. The quantitative estimate of drug-likeness (QED) is 0.358. The van der Waals surface area contributed by atoms with Gasteiger partial charge in [-0.1, -0.05) is 55.6 Å². The van der Waals surface area contributed by atoms with Crippen LogP contribution in [0.3, 0.4) is 0 Å². The largest absolute Gasteiger partial charge is 0.530 e. The van der Waals surface area contributed by atoms with Crippen molar-refractivity contribution in [1.29, 1.82) is 0 Å². The van der Waals surface area contributed by atoms with Gasteiger partial charge in [0.05, 0.1) is 0 Å². The van der Waals surface area contributed by atoms with Gasteiger partial charge in [0.1, 0.15) is 17.3 Å². The zero-order valence-corrected chi connectivity index (χ0v) is 13.0. The number of hydrogen-bond donors (Lipinski definition) is 0. The van der Waals surface area contributed by atoms with E-state index in [1.54, 1.807) is 18.2 Å². The maximum Gasteiger partial charge on any atom is 0.530 e. The lowest BCUT2D eigenvalue weighted by Crippen LogP contribution is -1.99. The Hall–Kier alpha value is -2.51. The van der Waals surface area contributed by atoms with Crippen molar-refractivity contribution in [1.82, 2.24) is 0 Å². The lowest BCUT2D eigenvalue weighted by Gasteiger charge is -2.18. The first-order valence-electron chi connectivity index (χ1n) is 6.71. The Morgan fingerprint density at radius 1 is 0.818 bits per heavy atom. The monoisotopic (exact) mass is 312 g/mol. The van der Waals surface area contributed by atoms with E-state index in [0.29, 0.717) is 17.3 Å². The second-order valence-corrected chi connectivity index (χ2v) is 5.13. The summed E-state index contributed by atoms with van der Waals surface area (Å²) in [5, 5.41) is 0. The highest BCUT2D eigenvalue weighted by molar-refractivity contribution is 7.42. The summed E-state index contributed by atoms with van der Waals surface area (Å²) in [6.45, 7) is 7.35. The van der Waals surface area contributed by atoms with Crippen LogP contribution in [-0.2, 0) is 4.52 Å². The molecule has 0 N–H and O–H groups in total. The molecular weight excluding hydrogens is 295 g/mol. The van der Waals surface area contributed by atoms with Crippen LogP contribution in [0.2, 0.25) is 0 Å². The first-order valence-corrected chi connectivity index (χ1v) is 7.80. The SMILES string of the molecule is C=C/C=C(\C=C)OP(Oc1ccccc1)Oc1ccccc1. The second kappa shape index (κ2) is 8.71. The van der Waals surface area contributed by atoms with Crippen LogP contribution < -0.4 is 9.05 Å². The Balaban J connectivity index is 2.14. The Morgan fingerprint density at radius 3 is 1.73 bits per heavy atom. The molecule has 0 aromatic heterocycles. The predicted molar refractivity (Wildman–Crippen MR) is 90.6 cm³/mol. The van der Waals surface area contributed by atoms with E-state index in [4.69, 9.17) is 13.6 Å². The van der Waals surface area contributed by atoms with Gasteiger partial charge in [0.25, 0.3) is 0 Å². The number of rotatable bonds is 8. The molecule has 0 aliphatic heterocycles. The summed E-state index contributed by atoms with van der Waals surface area (Å²) in [5.41, 5.74) is 0. The molecule has 0 amide bonds. The number of allylic oxidation sites excluding steroid dienone is 3. The fourth-order valence-electron chi connectivity index (χ4n) is 1.53. The summed E-state index contributed by atoms with van der Waals surface area (Å²) in [7, 11) is -1.66. The molecule has 0 aliphatic rings. The average Bonchev–Trinajstić information content (AvgIpc) is 2.56. The summed E-state index contributed by atoms with van der Waals surface area (Å²) in [6.07, 6.45) is 4.90. The van der Waals surface area contributed by atoms with Gasteiger partial charge < -0.3 is 13.6 Å². The van der Waals surface area contributed by atoms with Crippen molar-refractivity contribution in [2.75, 3.05) is 0 Å². The summed E-state index contributed by atoms with van der Waals surface area (Å²) in [6, 6.07) is 18.8. The lowest BCUT2D eigenvalue weighted by atomic mass is 10.3. The molecule has 112 valence electrons. The van der Waals surface area contributed by atoms with Crippen molar-refractivity contribution < 1.29 is 13.6 Å². The van der Waals surface area contributed by atoms with Gasteiger partial charge in [0.2, 0.25) is 0 Å². The van der Waals surface area contributed by atoms with Crippen LogP contribution in [-0.4, -0.2) is 0 Å². The van der Waals surface area contributed by atoms with Gasteiger partial charge in [-0.2, -0.15) is 0 Å². The third kappa shape index (κ3) is 5.12. The highest BCUT2D eigenvalue weighted by atomic mass is 31.2. The van der Waals surface area contributed by atoms with Gasteiger partial charge in [0.15, 0.2) is 0 Å². The Labute approximate surface area is 132 Å². The molecule has 3 nitrogen and oxygen atoms in total. The van der Waals surface area contributed by atoms with Crippen molar-refractivity contribution >= 4 is 8.60 Å². The number of hydrogen-bond acceptors (Lipinski definition) is 3. The minimum Gasteiger partial charge on any atom is -0.409 e. The predicted octanol–water partition coefficient (Wildman–Crippen LogP) is 5.64. The van der Waals surface area contributed by atoms with Crippen LogP contribution in [0.15, 0.2) is 97.8 Å². The highest BCUT2D eigenvalue weighted by Crippen LogP contribution is 2.43. The summed E-state index contributed by atoms with van der Waals surface area (Å²) in [5.74, 6) is 1.88. The molecule has 0 atom stereocenters. The summed E-state index contributed by atoms with van der Waals surface area (Å²) >= 11 is 0. The first-order chi connectivity index (χ1) is 10.8. The van der Waals surface area contributed by atoms with E-state index >= 15 is 0 Å². The molecule has 4 heteroatoms. The first kappa shape index (κ1) is 15.9. The van der Waals surface area contributed by atoms with Crippen molar-refractivity contribution in [3.63, 3.8) is 0 Å². The van der Waals surface area contributed by atoms with E-state index in [9.17, 15) is 0 Å². The van der Waals surface area contributed by atoms with Gasteiger partial charge >= 0.3 is 8.60 Å². The van der Waals surface area contributed by atoms with E-state index in [-0.39, 0.29) is 0 Å². The minimum atomic E-state index is -1.66. The molecule has 0 aliphatic carbocycles. The smallest absolute Gasteiger partial charge is 0.409 e. The van der Waals surface area contributed by atoms with Crippen LogP contribution in [0, 0.1) is 0 Å². The van der Waals surface area contributed by atoms with E-state index in [1.807, 2.05) is 60.7 Å². The molecule has 2 rings (SSSR count). The van der Waals surface area contributed by atoms with Gasteiger partial charge in [-0.25, -0.2) is 0 Å². The third-order valence-corrected chi connectivity index (χ3v) is 3.59. The molecule has 0 fully saturated rings. The molecule has 2 aromatic carbocycles. The van der Waals surface area contributed by atoms with E-state index in [0.717, 1.165) is 0 Å². The summed E-state index contributed by atoms with van der Waals surface area (Å²) < 4.78 is 17.3. The zero-order valence-electron chi connectivity index (χ0n) is 12.1. The fourth-order valence-corrected chi connectivity index (χ4v) is 2.54. The fraction of sp³-hybridized carbons (Fsp3) is 0. The molecule has 0 heterocycles. The maximum atomic E-state index is 5.79. The van der Waals surface area contributed by atoms with E-state index in [1.165, 1.54) is 0 Å². The second-order valence-electron chi connectivity index (χ2n) is 4.13. The van der Waals surface area contributed by atoms with Crippen LogP contribution in [0.5, 0.6) is 11.5 Å². The summed E-state index contributed by atoms with van der Waals surface area (Å²) in [4.78, 5) is 0. The zero-order chi connectivity index (χ0) is 15.6. The van der Waals surface area contributed by atoms with Crippen molar-refractivity contribution in [2.45, 2.75) is 0 Å². The van der Waals surface area contributed by atoms with Crippen molar-refractivity contribution in [3.8, 4) is 11.5 Å². The van der Waals surface area contributed by atoms with Crippen molar-refractivity contribution in [3.05, 3.63) is 97.8 Å². The molecule has 22 heavy (non-hydrogen) atoms. The van der Waals surface area contributed by atoms with Crippen LogP contribution in [0.4, 0.5) is 0 Å². The van der Waals surface area contributed by atoms with Crippen molar-refractivity contribution in [2.24, 2.45) is 0 Å². The van der Waals surface area contributed by atoms with Gasteiger partial charge in [-0.3, -0.25) is 0 Å². The molecule has 0 spiro atoms. The molecule has 0 saturated heterocycles. The van der Waals surface area contributed by atoms with Crippen LogP contribution in [0.1, 0.15) is 0 Å². The molecule has 0 unspecified atom stereocenters. The van der Waals surface area contributed by atoms with E-state index in [2.05, 4.69) is 13.2 Å². The molecule has 0 saturated carbocycles. The topological polar surface area (TPSA) is 27.7 Å². The number of benzene rings is 2. The lowest BCUT2D eigenvalue weighted by molar-refractivity contribution is 0.340. The maximum absolute atomic E-state index is 5.79. The standard InChI is InChI=1S/C18H17O3P/c1-3-11-16(4-2)19-22(20-17-12-7-5-8-13-17)21-18-14-9-6-10-15-18/h3-15H,1-2H2/b16-11+. The molecular formula is C18H17O3P. The van der Waals surface area contributed by atoms with Gasteiger partial charge in [0, 0.05) is 0 Å². The molecule has 2 aromatic rings. The average molecular weight is 312 g/mol. The Morgan fingerprint density at radius 2 is 1.32 bits per heavy atom. The molecule has 0 bridgehead atoms. The molecule has 0 radical (unpaired) electrons. The number of para-hydroxylation sites is 2. The van der Waals surface area contributed by atoms with Crippen LogP contribution in [0.25, 0.3) is 0 Å². The van der Waals surface area contributed by atoms with Gasteiger partial charge in [-0.05, 0) is 36.4 Å². The van der Waals surface area contributed by atoms with Gasteiger partial charge in [-0.15, -0.1) is 0 Å². The minimum absolute atomic E-state index is 0.535. The Bertz CT molecular complexity index is 582.